The molecule has 14 N–H and O–H groups in total. The highest BCUT2D eigenvalue weighted by molar-refractivity contribution is 5.94. The molecule has 0 aliphatic heterocycles. The maximum atomic E-state index is 13.2. The molecule has 0 aliphatic carbocycles. The largest absolute Gasteiger partial charge is 0.480 e. The number of carbonyl (C=O) groups excluding carboxylic acids is 3. The number of rotatable bonds is 20. The molecule has 0 saturated carbocycles. The number of guanidine groups is 1. The number of hydrogen-bond acceptors (Lipinski definition) is 8. The van der Waals surface area contributed by atoms with Gasteiger partial charge >= 0.3 is 5.97 Å². The summed E-state index contributed by atoms with van der Waals surface area (Å²) in [7, 11) is 0. The van der Waals surface area contributed by atoms with Crippen molar-refractivity contribution in [3.63, 3.8) is 0 Å². The quantitative estimate of drug-likeness (QED) is 0.0467. The molecule has 0 aliphatic rings. The van der Waals surface area contributed by atoms with Crippen molar-refractivity contribution in [3.8, 4) is 0 Å². The number of carboxylic acid groups (broad SMARTS) is 1. The van der Waals surface area contributed by atoms with Crippen molar-refractivity contribution >= 4 is 29.7 Å². The van der Waals surface area contributed by atoms with Crippen LogP contribution in [0.15, 0.2) is 4.99 Å². The van der Waals surface area contributed by atoms with Crippen LogP contribution in [0.5, 0.6) is 0 Å². The summed E-state index contributed by atoms with van der Waals surface area (Å²) in [6.07, 6.45) is 3.29. The van der Waals surface area contributed by atoms with Gasteiger partial charge in [0.15, 0.2) is 5.96 Å². The molecule has 3 amide bonds. The maximum absolute atomic E-state index is 13.2. The Hall–Kier alpha value is -2.97. The topological polar surface area (TPSA) is 267 Å². The minimum absolute atomic E-state index is 0.0945. The third-order valence-corrected chi connectivity index (χ3v) is 5.74. The van der Waals surface area contributed by atoms with E-state index >= 15 is 0 Å². The van der Waals surface area contributed by atoms with Crippen molar-refractivity contribution in [1.29, 1.82) is 0 Å². The van der Waals surface area contributed by atoms with Crippen molar-refractivity contribution in [3.05, 3.63) is 0 Å². The molecule has 0 aromatic rings. The molecule has 0 saturated heterocycles. The van der Waals surface area contributed by atoms with Crippen molar-refractivity contribution in [2.45, 2.75) is 89.4 Å². The van der Waals surface area contributed by atoms with Crippen molar-refractivity contribution < 1.29 is 24.3 Å². The van der Waals surface area contributed by atoms with E-state index in [0.29, 0.717) is 45.2 Å². The van der Waals surface area contributed by atoms with Gasteiger partial charge in [-0.3, -0.25) is 19.4 Å². The number of carbonyl (C=O) groups is 4. The number of nitrogens with zero attached hydrogens (tertiary/aromatic N) is 1. The normalized spacial score (nSPS) is 14.2. The van der Waals surface area contributed by atoms with E-state index in [2.05, 4.69) is 20.9 Å². The first-order valence-corrected chi connectivity index (χ1v) is 12.8. The monoisotopic (exact) mass is 529 g/mol. The lowest BCUT2D eigenvalue weighted by molar-refractivity contribution is -0.142. The van der Waals surface area contributed by atoms with Gasteiger partial charge in [-0.05, 0) is 70.4 Å². The van der Waals surface area contributed by atoms with Gasteiger partial charge in [0.05, 0.1) is 6.04 Å². The van der Waals surface area contributed by atoms with Crippen LogP contribution in [0.3, 0.4) is 0 Å². The van der Waals surface area contributed by atoms with E-state index in [1.165, 1.54) is 0 Å². The number of hydrogen-bond donors (Lipinski definition) is 9. The number of aliphatic imine (C=N–C) groups is 1. The first-order chi connectivity index (χ1) is 17.4. The van der Waals surface area contributed by atoms with Crippen LogP contribution in [0.4, 0.5) is 0 Å². The summed E-state index contributed by atoms with van der Waals surface area (Å²) >= 11 is 0. The van der Waals surface area contributed by atoms with E-state index in [-0.39, 0.29) is 37.7 Å². The van der Waals surface area contributed by atoms with Crippen LogP contribution in [0, 0.1) is 5.92 Å². The summed E-state index contributed by atoms with van der Waals surface area (Å²) in [6.45, 7) is 4.61. The summed E-state index contributed by atoms with van der Waals surface area (Å²) < 4.78 is 0. The fraction of sp³-hybridized carbons (Fsp3) is 0.783. The molecule has 0 fully saturated rings. The summed E-state index contributed by atoms with van der Waals surface area (Å²) in [5.41, 5.74) is 27.6. The van der Waals surface area contributed by atoms with E-state index in [0.717, 1.165) is 0 Å². The zero-order valence-corrected chi connectivity index (χ0v) is 22.1. The van der Waals surface area contributed by atoms with E-state index in [1.807, 2.05) is 0 Å². The van der Waals surface area contributed by atoms with E-state index < -0.39 is 47.9 Å². The summed E-state index contributed by atoms with van der Waals surface area (Å²) in [4.78, 5) is 54.3. The van der Waals surface area contributed by atoms with Gasteiger partial charge in [-0.1, -0.05) is 13.8 Å². The van der Waals surface area contributed by atoms with Gasteiger partial charge in [-0.15, -0.1) is 0 Å². The lowest BCUT2D eigenvalue weighted by atomic mass is 10.0. The molecule has 0 aromatic heterocycles. The molecule has 0 spiro atoms. The number of unbranched alkanes of at least 4 members (excludes halogenated alkanes) is 2. The Kier molecular flexibility index (Phi) is 17.6. The highest BCUT2D eigenvalue weighted by Gasteiger charge is 2.30. The Labute approximate surface area is 218 Å². The lowest BCUT2D eigenvalue weighted by Crippen LogP contribution is -2.57. The molecule has 14 heteroatoms. The minimum atomic E-state index is -1.18. The minimum Gasteiger partial charge on any atom is -0.480 e. The molecule has 0 aromatic carbocycles. The van der Waals surface area contributed by atoms with Crippen molar-refractivity contribution in [2.75, 3.05) is 19.6 Å². The van der Waals surface area contributed by atoms with Gasteiger partial charge in [-0.25, -0.2) is 4.79 Å². The Balaban J connectivity index is 5.59. The average molecular weight is 530 g/mol. The molecule has 37 heavy (non-hydrogen) atoms. The number of amides is 3. The summed E-state index contributed by atoms with van der Waals surface area (Å²) in [6, 6.07) is -3.98. The second kappa shape index (κ2) is 19.2. The first-order valence-electron chi connectivity index (χ1n) is 12.8. The average Bonchev–Trinajstić information content (AvgIpc) is 2.83. The Morgan fingerprint density at radius 2 is 1.16 bits per heavy atom. The highest BCUT2D eigenvalue weighted by atomic mass is 16.4. The molecular weight excluding hydrogens is 482 g/mol. The second-order valence-electron chi connectivity index (χ2n) is 9.31. The number of aliphatic carboxylic acids is 1. The fourth-order valence-electron chi connectivity index (χ4n) is 3.40. The zero-order valence-electron chi connectivity index (χ0n) is 22.1. The fourth-order valence-corrected chi connectivity index (χ4v) is 3.40. The Morgan fingerprint density at radius 1 is 0.730 bits per heavy atom. The second-order valence-corrected chi connectivity index (χ2v) is 9.31. The van der Waals surface area contributed by atoms with Crippen LogP contribution >= 0.6 is 0 Å². The number of nitrogens with two attached hydrogens (primary N) is 5. The van der Waals surface area contributed by atoms with Gasteiger partial charge in [-0.2, -0.15) is 0 Å². The van der Waals surface area contributed by atoms with Crippen LogP contribution in [0.1, 0.15) is 65.2 Å². The smallest absolute Gasteiger partial charge is 0.326 e. The molecule has 0 rings (SSSR count). The third kappa shape index (κ3) is 15.0. The molecule has 14 nitrogen and oxygen atoms in total. The first kappa shape index (κ1) is 34.0. The molecular formula is C23H47N9O5. The van der Waals surface area contributed by atoms with Gasteiger partial charge in [0.2, 0.25) is 17.7 Å². The zero-order chi connectivity index (χ0) is 28.4. The van der Waals surface area contributed by atoms with Crippen LogP contribution in [-0.2, 0) is 19.2 Å². The third-order valence-electron chi connectivity index (χ3n) is 5.74. The van der Waals surface area contributed by atoms with E-state index in [1.54, 1.807) is 13.8 Å². The lowest BCUT2D eigenvalue weighted by Gasteiger charge is -2.26. The van der Waals surface area contributed by atoms with Crippen LogP contribution in [0.25, 0.3) is 0 Å². The predicted molar refractivity (Wildman–Crippen MR) is 142 cm³/mol. The molecule has 0 heterocycles. The van der Waals surface area contributed by atoms with Crippen molar-refractivity contribution in [1.82, 2.24) is 16.0 Å². The van der Waals surface area contributed by atoms with Gasteiger partial charge in [0.25, 0.3) is 0 Å². The number of carboxylic acids is 1. The van der Waals surface area contributed by atoms with Gasteiger partial charge < -0.3 is 49.7 Å². The van der Waals surface area contributed by atoms with Gasteiger partial charge in [0.1, 0.15) is 18.1 Å². The standard InChI is InChI=1S/C23H47N9O5/c1-14(2)18(26)21(35)31-16(10-7-13-29-23(27)28)19(33)30-15(8-3-5-11-24)20(34)32-17(22(36)37)9-4-6-12-25/h14-18H,3-13,24-26H2,1-2H3,(H,30,33)(H,31,35)(H,32,34)(H,36,37)(H4,27,28,29). The Bertz CT molecular complexity index is 744. The molecule has 4 unspecified atom stereocenters. The molecule has 0 bridgehead atoms. The summed E-state index contributed by atoms with van der Waals surface area (Å²) in [5, 5.41) is 17.3. The van der Waals surface area contributed by atoms with Crippen LogP contribution < -0.4 is 44.6 Å². The van der Waals surface area contributed by atoms with E-state index in [9.17, 15) is 24.3 Å². The summed E-state index contributed by atoms with van der Waals surface area (Å²) in [5.74, 6) is -3.17. The van der Waals surface area contributed by atoms with E-state index in [4.69, 9.17) is 28.7 Å². The SMILES string of the molecule is CC(C)C(N)C(=O)NC(CCCN=C(N)N)C(=O)NC(CCCCN)C(=O)NC(CCCCN)C(=O)O. The van der Waals surface area contributed by atoms with Crippen LogP contribution in [-0.4, -0.2) is 78.6 Å². The van der Waals surface area contributed by atoms with Gasteiger partial charge in [0, 0.05) is 6.54 Å². The molecule has 0 radical (unpaired) electrons. The number of nitrogens with one attached hydrogen (secondary N) is 3. The highest BCUT2D eigenvalue weighted by Crippen LogP contribution is 2.08. The molecule has 214 valence electrons. The Morgan fingerprint density at radius 3 is 1.59 bits per heavy atom. The maximum Gasteiger partial charge on any atom is 0.326 e. The van der Waals surface area contributed by atoms with Crippen molar-refractivity contribution in [2.24, 2.45) is 39.6 Å². The van der Waals surface area contributed by atoms with Crippen LogP contribution in [0.2, 0.25) is 0 Å². The predicted octanol–water partition coefficient (Wildman–Crippen LogP) is -2.18. The molecule has 4 atom stereocenters.